The third kappa shape index (κ3) is 4.23. The molecule has 0 saturated carbocycles. The van der Waals surface area contributed by atoms with Crippen LogP contribution in [0.25, 0.3) is 0 Å². The summed E-state index contributed by atoms with van der Waals surface area (Å²) in [6.07, 6.45) is 4.77. The molecule has 0 bridgehead atoms. The van der Waals surface area contributed by atoms with Gasteiger partial charge in [0.25, 0.3) is 5.69 Å². The van der Waals surface area contributed by atoms with Crippen molar-refractivity contribution in [3.05, 3.63) is 37.9 Å². The summed E-state index contributed by atoms with van der Waals surface area (Å²) in [5.74, 6) is 1.54. The van der Waals surface area contributed by atoms with Gasteiger partial charge in [0.15, 0.2) is 0 Å². The molecule has 1 unspecified atom stereocenters. The smallest absolute Gasteiger partial charge is 0.312 e. The molecule has 5 nitrogen and oxygen atoms in total. The predicted molar refractivity (Wildman–Crippen MR) is 79.6 cm³/mol. The standard InChI is InChI=1S/C11H6Cl2INO4/c1-2-9(14)19-10(16)5-6-7(12)3-4-8(11(6)13)15(17)18/h1,3-4,9H,5H2. The summed E-state index contributed by atoms with van der Waals surface area (Å²) in [6.45, 7) is 0. The Labute approximate surface area is 132 Å². The van der Waals surface area contributed by atoms with E-state index >= 15 is 0 Å². The number of rotatable bonds is 4. The second kappa shape index (κ2) is 6.93. The van der Waals surface area contributed by atoms with Gasteiger partial charge in [-0.05, 0) is 28.7 Å². The molecule has 0 saturated heterocycles. The number of carbonyl (C=O) groups excluding carboxylic acids is 1. The zero-order valence-corrected chi connectivity index (χ0v) is 12.9. The molecule has 0 aromatic heterocycles. The molecule has 0 spiro atoms. The summed E-state index contributed by atoms with van der Waals surface area (Å²) in [4.78, 5) is 21.6. The van der Waals surface area contributed by atoms with Crippen LogP contribution in [0.15, 0.2) is 12.1 Å². The van der Waals surface area contributed by atoms with Crippen molar-refractivity contribution in [2.45, 2.75) is 10.5 Å². The Hall–Kier alpha value is -1.04. The Morgan fingerprint density at radius 1 is 1.58 bits per heavy atom. The fourth-order valence-electron chi connectivity index (χ4n) is 1.22. The number of nitro groups is 1. The molecular weight excluding hydrogens is 408 g/mol. The van der Waals surface area contributed by atoms with Crippen molar-refractivity contribution in [2.24, 2.45) is 0 Å². The van der Waals surface area contributed by atoms with Crippen molar-refractivity contribution in [3.63, 3.8) is 0 Å². The van der Waals surface area contributed by atoms with Gasteiger partial charge in [0, 0.05) is 16.7 Å². The van der Waals surface area contributed by atoms with Gasteiger partial charge in [0.2, 0.25) is 4.11 Å². The van der Waals surface area contributed by atoms with Crippen LogP contribution in [0.4, 0.5) is 5.69 Å². The highest BCUT2D eigenvalue weighted by atomic mass is 127. The molecule has 0 fully saturated rings. The highest BCUT2D eigenvalue weighted by Crippen LogP contribution is 2.33. The average molecular weight is 414 g/mol. The maximum absolute atomic E-state index is 11.6. The fraction of sp³-hybridized carbons (Fsp3) is 0.182. The third-order valence-electron chi connectivity index (χ3n) is 2.05. The molecule has 0 radical (unpaired) electrons. The van der Waals surface area contributed by atoms with E-state index in [2.05, 4.69) is 5.92 Å². The van der Waals surface area contributed by atoms with E-state index in [1.54, 1.807) is 22.6 Å². The molecule has 1 atom stereocenters. The summed E-state index contributed by atoms with van der Waals surface area (Å²) in [5, 5.41) is 10.7. The number of nitrogens with zero attached hydrogens (tertiary/aromatic N) is 1. The Morgan fingerprint density at radius 3 is 2.74 bits per heavy atom. The van der Waals surface area contributed by atoms with Crippen LogP contribution in [0, 0.1) is 22.5 Å². The number of terminal acetylenes is 1. The predicted octanol–water partition coefficient (Wildman–Crippen LogP) is 3.38. The van der Waals surface area contributed by atoms with Crippen LogP contribution in [-0.4, -0.2) is 15.0 Å². The lowest BCUT2D eigenvalue weighted by atomic mass is 10.1. The normalized spacial score (nSPS) is 11.5. The van der Waals surface area contributed by atoms with E-state index in [4.69, 9.17) is 34.4 Å². The van der Waals surface area contributed by atoms with Crippen LogP contribution in [0.1, 0.15) is 5.56 Å². The number of carbonyl (C=O) groups is 1. The third-order valence-corrected chi connectivity index (χ3v) is 3.44. The molecule has 0 aliphatic heterocycles. The maximum Gasteiger partial charge on any atom is 0.312 e. The Morgan fingerprint density at radius 2 is 2.21 bits per heavy atom. The molecule has 1 aromatic carbocycles. The lowest BCUT2D eigenvalue weighted by Gasteiger charge is -2.08. The molecule has 19 heavy (non-hydrogen) atoms. The van der Waals surface area contributed by atoms with Gasteiger partial charge in [-0.15, -0.1) is 6.42 Å². The minimum atomic E-state index is -0.721. The van der Waals surface area contributed by atoms with Gasteiger partial charge >= 0.3 is 5.97 Å². The monoisotopic (exact) mass is 413 g/mol. The fourth-order valence-corrected chi connectivity index (χ4v) is 2.08. The average Bonchev–Trinajstić information content (AvgIpc) is 2.33. The van der Waals surface area contributed by atoms with Gasteiger partial charge in [-0.1, -0.05) is 29.1 Å². The number of ether oxygens (including phenoxy) is 1. The first-order valence-electron chi connectivity index (χ1n) is 4.77. The maximum atomic E-state index is 11.6. The largest absolute Gasteiger partial charge is 0.439 e. The number of hydrogen-bond acceptors (Lipinski definition) is 4. The Kier molecular flexibility index (Phi) is 5.85. The van der Waals surface area contributed by atoms with Gasteiger partial charge in [0.05, 0.1) is 11.3 Å². The van der Waals surface area contributed by atoms with Crippen molar-refractivity contribution in [1.82, 2.24) is 0 Å². The van der Waals surface area contributed by atoms with Crippen LogP contribution < -0.4 is 0 Å². The van der Waals surface area contributed by atoms with E-state index in [-0.39, 0.29) is 27.7 Å². The first kappa shape index (κ1) is 16.0. The lowest BCUT2D eigenvalue weighted by Crippen LogP contribution is -2.13. The molecule has 1 aromatic rings. The molecule has 0 heterocycles. The summed E-state index contributed by atoms with van der Waals surface area (Å²) < 4.78 is 4.12. The van der Waals surface area contributed by atoms with Crippen LogP contribution in [0.2, 0.25) is 10.0 Å². The van der Waals surface area contributed by atoms with E-state index in [0.29, 0.717) is 0 Å². The van der Waals surface area contributed by atoms with E-state index < -0.39 is 15.0 Å². The second-order valence-electron chi connectivity index (χ2n) is 3.27. The molecule has 100 valence electrons. The van der Waals surface area contributed by atoms with Crippen molar-refractivity contribution in [2.75, 3.05) is 0 Å². The summed E-state index contributed by atoms with van der Waals surface area (Å²) in [6, 6.07) is 2.47. The SMILES string of the molecule is C#CC(I)OC(=O)Cc1c(Cl)ccc([N+](=O)[O-])c1Cl. The van der Waals surface area contributed by atoms with Gasteiger partial charge in [-0.2, -0.15) is 0 Å². The highest BCUT2D eigenvalue weighted by Gasteiger charge is 2.21. The van der Waals surface area contributed by atoms with Gasteiger partial charge in [-0.3, -0.25) is 14.9 Å². The van der Waals surface area contributed by atoms with Crippen molar-refractivity contribution in [3.8, 4) is 12.3 Å². The second-order valence-corrected chi connectivity index (χ2v) is 5.18. The lowest BCUT2D eigenvalue weighted by molar-refractivity contribution is -0.384. The topological polar surface area (TPSA) is 69.4 Å². The molecule has 8 heteroatoms. The van der Waals surface area contributed by atoms with E-state index in [1.165, 1.54) is 12.1 Å². The summed E-state index contributed by atoms with van der Waals surface area (Å²) >= 11 is 13.5. The Bertz CT molecular complexity index is 571. The van der Waals surface area contributed by atoms with Crippen molar-refractivity contribution >= 4 is 57.4 Å². The molecule has 0 aliphatic carbocycles. The molecule has 0 N–H and O–H groups in total. The molecular formula is C11H6Cl2INO4. The van der Waals surface area contributed by atoms with Crippen LogP contribution >= 0.6 is 45.8 Å². The minimum Gasteiger partial charge on any atom is -0.439 e. The van der Waals surface area contributed by atoms with Crippen molar-refractivity contribution < 1.29 is 14.5 Å². The van der Waals surface area contributed by atoms with Crippen LogP contribution in [0.3, 0.4) is 0 Å². The van der Waals surface area contributed by atoms with Gasteiger partial charge < -0.3 is 4.74 Å². The van der Waals surface area contributed by atoms with E-state index in [1.807, 2.05) is 0 Å². The van der Waals surface area contributed by atoms with Crippen LogP contribution in [0.5, 0.6) is 0 Å². The van der Waals surface area contributed by atoms with Gasteiger partial charge in [-0.25, -0.2) is 0 Å². The van der Waals surface area contributed by atoms with Gasteiger partial charge in [0.1, 0.15) is 5.02 Å². The van der Waals surface area contributed by atoms with Crippen LogP contribution in [-0.2, 0) is 16.0 Å². The van der Waals surface area contributed by atoms with E-state index in [0.717, 1.165) is 0 Å². The first-order valence-corrected chi connectivity index (χ1v) is 6.78. The molecule has 0 amide bonds. The number of halogens is 3. The zero-order valence-electron chi connectivity index (χ0n) is 9.23. The Balaban J connectivity index is 3.01. The molecule has 1 rings (SSSR count). The zero-order chi connectivity index (χ0) is 14.6. The number of benzene rings is 1. The molecule has 0 aliphatic rings. The summed E-state index contributed by atoms with van der Waals surface area (Å²) in [7, 11) is 0. The number of hydrogen-bond donors (Lipinski definition) is 0. The summed E-state index contributed by atoms with van der Waals surface area (Å²) in [5.41, 5.74) is -0.181. The number of alkyl halides is 1. The highest BCUT2D eigenvalue weighted by molar-refractivity contribution is 14.1. The first-order chi connectivity index (χ1) is 8.86. The quantitative estimate of drug-likeness (QED) is 0.189. The number of esters is 1. The van der Waals surface area contributed by atoms with E-state index in [9.17, 15) is 14.9 Å². The minimum absolute atomic E-state index is 0.142. The number of nitro benzene ring substituents is 1. The van der Waals surface area contributed by atoms with Crippen molar-refractivity contribution in [1.29, 1.82) is 0 Å².